The lowest BCUT2D eigenvalue weighted by Gasteiger charge is -2.08. The molecule has 1 aromatic rings. The molecule has 64 valence electrons. The van der Waals surface area contributed by atoms with E-state index in [1.807, 2.05) is 19.1 Å². The molecule has 2 heterocycles. The molecule has 0 spiro atoms. The highest BCUT2D eigenvalue weighted by molar-refractivity contribution is 5.14. The van der Waals surface area contributed by atoms with E-state index in [-0.39, 0.29) is 12.3 Å². The first-order valence-corrected chi connectivity index (χ1v) is 4.15. The number of ether oxygens (including phenoxy) is 1. The maximum Gasteiger partial charge on any atom is 0.106 e. The molecule has 1 aliphatic heterocycles. The number of aromatic nitrogens is 1. The first-order chi connectivity index (χ1) is 5.86. The second-order valence-electron chi connectivity index (χ2n) is 2.96. The van der Waals surface area contributed by atoms with Crippen LogP contribution in [0.1, 0.15) is 18.6 Å². The summed E-state index contributed by atoms with van der Waals surface area (Å²) in [5.74, 6) is 0. The average Bonchev–Trinajstić information content (AvgIpc) is 2.54. The van der Waals surface area contributed by atoms with Gasteiger partial charge in [-0.3, -0.25) is 10.3 Å². The summed E-state index contributed by atoms with van der Waals surface area (Å²) in [7, 11) is 0. The van der Waals surface area contributed by atoms with Gasteiger partial charge in [-0.05, 0) is 24.6 Å². The molecule has 0 aliphatic carbocycles. The van der Waals surface area contributed by atoms with Crippen LogP contribution in [-0.2, 0) is 4.74 Å². The molecule has 2 atom stereocenters. The van der Waals surface area contributed by atoms with Gasteiger partial charge in [-0.1, -0.05) is 0 Å². The van der Waals surface area contributed by atoms with Crippen molar-refractivity contribution in [1.29, 1.82) is 0 Å². The van der Waals surface area contributed by atoms with E-state index in [4.69, 9.17) is 4.74 Å². The molecule has 1 aliphatic rings. The maximum atomic E-state index is 5.61. The Labute approximate surface area is 71.8 Å². The van der Waals surface area contributed by atoms with E-state index in [1.54, 1.807) is 12.4 Å². The first kappa shape index (κ1) is 7.71. The molecule has 1 N–H and O–H groups in total. The first-order valence-electron chi connectivity index (χ1n) is 4.15. The third-order valence-electron chi connectivity index (χ3n) is 2.04. The van der Waals surface area contributed by atoms with Crippen molar-refractivity contribution in [3.8, 4) is 0 Å². The summed E-state index contributed by atoms with van der Waals surface area (Å²) in [5.41, 5.74) is 1.20. The molecule has 1 fully saturated rings. The van der Waals surface area contributed by atoms with Crippen LogP contribution in [0.2, 0.25) is 0 Å². The molecule has 0 aromatic carbocycles. The summed E-state index contributed by atoms with van der Waals surface area (Å²) < 4.78 is 5.61. The molecular formula is C9H12N2O. The monoisotopic (exact) mass is 164 g/mol. The normalized spacial score (nSPS) is 29.1. The topological polar surface area (TPSA) is 34.2 Å². The molecule has 3 heteroatoms. The van der Waals surface area contributed by atoms with E-state index in [0.717, 1.165) is 6.54 Å². The summed E-state index contributed by atoms with van der Waals surface area (Å²) in [6.07, 6.45) is 3.95. The molecule has 1 saturated heterocycles. The number of pyridine rings is 1. The predicted molar refractivity (Wildman–Crippen MR) is 45.5 cm³/mol. The van der Waals surface area contributed by atoms with Crippen LogP contribution < -0.4 is 5.32 Å². The van der Waals surface area contributed by atoms with Crippen LogP contribution in [0.15, 0.2) is 24.5 Å². The quantitative estimate of drug-likeness (QED) is 0.674. The van der Waals surface area contributed by atoms with Gasteiger partial charge < -0.3 is 4.74 Å². The van der Waals surface area contributed by atoms with Crippen molar-refractivity contribution in [2.24, 2.45) is 0 Å². The van der Waals surface area contributed by atoms with Crippen LogP contribution in [0.5, 0.6) is 0 Å². The molecule has 2 unspecified atom stereocenters. The van der Waals surface area contributed by atoms with Crippen LogP contribution >= 0.6 is 0 Å². The second kappa shape index (κ2) is 3.21. The minimum absolute atomic E-state index is 0.170. The van der Waals surface area contributed by atoms with Gasteiger partial charge in [0.2, 0.25) is 0 Å². The third kappa shape index (κ3) is 1.47. The highest BCUT2D eigenvalue weighted by Crippen LogP contribution is 2.21. The van der Waals surface area contributed by atoms with Crippen LogP contribution in [0, 0.1) is 0 Å². The van der Waals surface area contributed by atoms with E-state index >= 15 is 0 Å². The smallest absolute Gasteiger partial charge is 0.106 e. The number of nitrogens with one attached hydrogen (secondary N) is 1. The SMILES string of the molecule is CC1NCC(c2ccncc2)O1. The minimum Gasteiger partial charge on any atom is -0.354 e. The second-order valence-corrected chi connectivity index (χ2v) is 2.96. The van der Waals surface area contributed by atoms with Crippen molar-refractivity contribution < 1.29 is 4.74 Å². The molecule has 2 rings (SSSR count). The summed E-state index contributed by atoms with van der Waals surface area (Å²) in [4.78, 5) is 3.96. The third-order valence-corrected chi connectivity index (χ3v) is 2.04. The van der Waals surface area contributed by atoms with Crippen molar-refractivity contribution in [1.82, 2.24) is 10.3 Å². The van der Waals surface area contributed by atoms with Crippen LogP contribution in [0.4, 0.5) is 0 Å². The van der Waals surface area contributed by atoms with E-state index < -0.39 is 0 Å². The average molecular weight is 164 g/mol. The fourth-order valence-electron chi connectivity index (χ4n) is 1.39. The van der Waals surface area contributed by atoms with Crippen molar-refractivity contribution in [3.05, 3.63) is 30.1 Å². The standard InChI is InChI=1S/C9H12N2O/c1-7-11-6-9(12-7)8-2-4-10-5-3-8/h2-5,7,9,11H,6H2,1H3. The van der Waals surface area contributed by atoms with Gasteiger partial charge in [0.15, 0.2) is 0 Å². The highest BCUT2D eigenvalue weighted by atomic mass is 16.5. The Bertz CT molecular complexity index is 250. The summed E-state index contributed by atoms with van der Waals surface area (Å²) in [5, 5.41) is 3.23. The molecule has 3 nitrogen and oxygen atoms in total. The Morgan fingerprint density at radius 3 is 2.83 bits per heavy atom. The van der Waals surface area contributed by atoms with Crippen LogP contribution in [0.25, 0.3) is 0 Å². The van der Waals surface area contributed by atoms with Crippen molar-refractivity contribution in [3.63, 3.8) is 0 Å². The van der Waals surface area contributed by atoms with E-state index in [9.17, 15) is 0 Å². The van der Waals surface area contributed by atoms with Gasteiger partial charge in [0.25, 0.3) is 0 Å². The van der Waals surface area contributed by atoms with Crippen LogP contribution in [-0.4, -0.2) is 17.8 Å². The zero-order valence-electron chi connectivity index (χ0n) is 7.03. The number of rotatable bonds is 1. The number of nitrogens with zero attached hydrogens (tertiary/aromatic N) is 1. The van der Waals surface area contributed by atoms with Gasteiger partial charge >= 0.3 is 0 Å². The van der Waals surface area contributed by atoms with Gasteiger partial charge in [0.05, 0.1) is 6.10 Å². The zero-order valence-corrected chi connectivity index (χ0v) is 7.03. The highest BCUT2D eigenvalue weighted by Gasteiger charge is 2.21. The lowest BCUT2D eigenvalue weighted by Crippen LogP contribution is -2.17. The largest absolute Gasteiger partial charge is 0.354 e. The van der Waals surface area contributed by atoms with Crippen molar-refractivity contribution >= 4 is 0 Å². The molecule has 1 aromatic heterocycles. The molecule has 0 bridgehead atoms. The Hall–Kier alpha value is -0.930. The molecular weight excluding hydrogens is 152 g/mol. The summed E-state index contributed by atoms with van der Waals surface area (Å²) >= 11 is 0. The van der Waals surface area contributed by atoms with E-state index in [1.165, 1.54) is 5.56 Å². The van der Waals surface area contributed by atoms with Gasteiger partial charge in [-0.15, -0.1) is 0 Å². The zero-order chi connectivity index (χ0) is 8.39. The number of hydrogen-bond acceptors (Lipinski definition) is 3. The molecule has 0 amide bonds. The van der Waals surface area contributed by atoms with E-state index in [2.05, 4.69) is 10.3 Å². The Morgan fingerprint density at radius 2 is 2.25 bits per heavy atom. The molecule has 0 saturated carbocycles. The van der Waals surface area contributed by atoms with Crippen molar-refractivity contribution in [2.45, 2.75) is 19.3 Å². The fraction of sp³-hybridized carbons (Fsp3) is 0.444. The lowest BCUT2D eigenvalue weighted by molar-refractivity contribution is 0.0529. The number of hydrogen-bond donors (Lipinski definition) is 1. The molecule has 12 heavy (non-hydrogen) atoms. The summed E-state index contributed by atoms with van der Waals surface area (Å²) in [6, 6.07) is 3.98. The Balaban J connectivity index is 2.11. The predicted octanol–water partition coefficient (Wildman–Crippen LogP) is 1.09. The Morgan fingerprint density at radius 1 is 1.50 bits per heavy atom. The van der Waals surface area contributed by atoms with Crippen molar-refractivity contribution in [2.75, 3.05) is 6.54 Å². The fourth-order valence-corrected chi connectivity index (χ4v) is 1.39. The molecule has 0 radical (unpaired) electrons. The lowest BCUT2D eigenvalue weighted by atomic mass is 10.1. The van der Waals surface area contributed by atoms with E-state index in [0.29, 0.717) is 0 Å². The maximum absolute atomic E-state index is 5.61. The Kier molecular flexibility index (Phi) is 2.06. The van der Waals surface area contributed by atoms with Crippen LogP contribution in [0.3, 0.4) is 0 Å². The van der Waals surface area contributed by atoms with Gasteiger partial charge in [0.1, 0.15) is 6.23 Å². The minimum atomic E-state index is 0.170. The van der Waals surface area contributed by atoms with Gasteiger partial charge in [0, 0.05) is 18.9 Å². The van der Waals surface area contributed by atoms with Gasteiger partial charge in [-0.2, -0.15) is 0 Å². The summed E-state index contributed by atoms with van der Waals surface area (Å²) in [6.45, 7) is 2.91. The van der Waals surface area contributed by atoms with Gasteiger partial charge in [-0.25, -0.2) is 0 Å².